The number of halogens is 1. The Hall–Kier alpha value is -1.42. The summed E-state index contributed by atoms with van der Waals surface area (Å²) in [6.07, 6.45) is 0.757. The van der Waals surface area contributed by atoms with Gasteiger partial charge in [0.15, 0.2) is 11.6 Å². The predicted molar refractivity (Wildman–Crippen MR) is 53.0 cm³/mol. The second-order valence-corrected chi connectivity index (χ2v) is 3.54. The first-order valence-electron chi connectivity index (χ1n) is 4.94. The average Bonchev–Trinajstić information content (AvgIpc) is 2.74. The Morgan fingerprint density at radius 3 is 2.93 bits per heavy atom. The van der Waals surface area contributed by atoms with E-state index in [1.807, 2.05) is 0 Å². The molecule has 3 nitrogen and oxygen atoms in total. The van der Waals surface area contributed by atoms with Crippen LogP contribution in [0, 0.1) is 11.7 Å². The fourth-order valence-corrected chi connectivity index (χ4v) is 1.58. The molecule has 1 saturated heterocycles. The van der Waals surface area contributed by atoms with E-state index in [1.165, 1.54) is 12.1 Å². The van der Waals surface area contributed by atoms with Gasteiger partial charge in [-0.15, -0.1) is 0 Å². The number of carbonyl (C=O) groups is 1. The van der Waals surface area contributed by atoms with Crippen LogP contribution in [0.2, 0.25) is 0 Å². The first kappa shape index (κ1) is 10.1. The molecule has 15 heavy (non-hydrogen) atoms. The molecule has 0 aromatic heterocycles. The Morgan fingerprint density at radius 1 is 1.47 bits per heavy atom. The van der Waals surface area contributed by atoms with Crippen molar-refractivity contribution >= 4 is 5.97 Å². The average molecular weight is 209 g/mol. The van der Waals surface area contributed by atoms with E-state index in [-0.39, 0.29) is 17.6 Å². The van der Waals surface area contributed by atoms with E-state index in [0.717, 1.165) is 13.0 Å². The van der Waals surface area contributed by atoms with Crippen molar-refractivity contribution in [3.8, 4) is 5.75 Å². The summed E-state index contributed by atoms with van der Waals surface area (Å²) in [6.45, 7) is 1.43. The van der Waals surface area contributed by atoms with Crippen molar-refractivity contribution in [3.05, 3.63) is 30.1 Å². The lowest BCUT2D eigenvalue weighted by Crippen LogP contribution is -2.22. The molecule has 1 fully saturated rings. The van der Waals surface area contributed by atoms with E-state index >= 15 is 0 Å². The van der Waals surface area contributed by atoms with Crippen LogP contribution < -0.4 is 10.1 Å². The zero-order chi connectivity index (χ0) is 10.7. The number of para-hydroxylation sites is 1. The largest absolute Gasteiger partial charge is 0.423 e. The molecule has 0 radical (unpaired) electrons. The number of rotatable bonds is 2. The fraction of sp³-hybridized carbons (Fsp3) is 0.364. The standard InChI is InChI=1S/C11H12FNO2/c12-9-3-1-2-4-10(9)15-11(14)8-5-6-13-7-8/h1-4,8,13H,5-7H2. The van der Waals surface area contributed by atoms with Gasteiger partial charge in [0, 0.05) is 6.54 Å². The highest BCUT2D eigenvalue weighted by molar-refractivity contribution is 5.75. The third-order valence-electron chi connectivity index (χ3n) is 2.44. The van der Waals surface area contributed by atoms with E-state index < -0.39 is 5.82 Å². The molecule has 0 saturated carbocycles. The van der Waals surface area contributed by atoms with Gasteiger partial charge in [-0.1, -0.05) is 12.1 Å². The molecule has 1 N–H and O–H groups in total. The summed E-state index contributed by atoms with van der Waals surface area (Å²) in [5.41, 5.74) is 0. The highest BCUT2D eigenvalue weighted by Gasteiger charge is 2.24. The van der Waals surface area contributed by atoms with E-state index in [2.05, 4.69) is 5.32 Å². The molecule has 0 spiro atoms. The van der Waals surface area contributed by atoms with Crippen LogP contribution in [0.25, 0.3) is 0 Å². The van der Waals surface area contributed by atoms with Crippen LogP contribution in [0.4, 0.5) is 4.39 Å². The Balaban J connectivity index is 2.02. The second-order valence-electron chi connectivity index (χ2n) is 3.54. The predicted octanol–water partition coefficient (Wildman–Crippen LogP) is 1.34. The van der Waals surface area contributed by atoms with Crippen molar-refractivity contribution in [3.63, 3.8) is 0 Å². The van der Waals surface area contributed by atoms with Gasteiger partial charge in [-0.05, 0) is 25.1 Å². The Morgan fingerprint density at radius 2 is 2.27 bits per heavy atom. The molecule has 2 rings (SSSR count). The highest BCUT2D eigenvalue weighted by Crippen LogP contribution is 2.18. The third-order valence-corrected chi connectivity index (χ3v) is 2.44. The minimum Gasteiger partial charge on any atom is -0.423 e. The Bertz CT molecular complexity index is 361. The van der Waals surface area contributed by atoms with Crippen molar-refractivity contribution in [2.75, 3.05) is 13.1 Å². The number of benzene rings is 1. The molecule has 0 amide bonds. The van der Waals surface area contributed by atoms with Crippen molar-refractivity contribution in [1.82, 2.24) is 5.32 Å². The molecule has 1 heterocycles. The van der Waals surface area contributed by atoms with E-state index in [9.17, 15) is 9.18 Å². The van der Waals surface area contributed by atoms with Crippen LogP contribution in [0.1, 0.15) is 6.42 Å². The van der Waals surface area contributed by atoms with Gasteiger partial charge in [-0.2, -0.15) is 0 Å². The summed E-state index contributed by atoms with van der Waals surface area (Å²) in [4.78, 5) is 11.5. The maximum atomic E-state index is 13.1. The number of nitrogens with one attached hydrogen (secondary N) is 1. The molecule has 1 aromatic rings. The number of carbonyl (C=O) groups excluding carboxylic acids is 1. The maximum Gasteiger partial charge on any atom is 0.315 e. The van der Waals surface area contributed by atoms with Crippen LogP contribution in [0.5, 0.6) is 5.75 Å². The maximum absolute atomic E-state index is 13.1. The molecule has 4 heteroatoms. The first-order chi connectivity index (χ1) is 7.27. The Kier molecular flexibility index (Phi) is 2.97. The molecule has 0 aliphatic carbocycles. The number of hydrogen-bond donors (Lipinski definition) is 1. The molecule has 1 aliphatic heterocycles. The molecule has 1 unspecified atom stereocenters. The van der Waals surface area contributed by atoms with Crippen molar-refractivity contribution in [2.45, 2.75) is 6.42 Å². The lowest BCUT2D eigenvalue weighted by atomic mass is 10.1. The summed E-state index contributed by atoms with van der Waals surface area (Å²) in [7, 11) is 0. The minimum absolute atomic E-state index is 0.00870. The Labute approximate surface area is 87.2 Å². The minimum atomic E-state index is -0.503. The molecule has 0 bridgehead atoms. The SMILES string of the molecule is O=C(Oc1ccccc1F)C1CCNC1. The van der Waals surface area contributed by atoms with Crippen molar-refractivity contribution < 1.29 is 13.9 Å². The van der Waals surface area contributed by atoms with E-state index in [0.29, 0.717) is 6.54 Å². The first-order valence-corrected chi connectivity index (χ1v) is 4.94. The molecular formula is C11H12FNO2. The van der Waals surface area contributed by atoms with Crippen LogP contribution >= 0.6 is 0 Å². The smallest absolute Gasteiger partial charge is 0.315 e. The lowest BCUT2D eigenvalue weighted by Gasteiger charge is -2.08. The van der Waals surface area contributed by atoms with Gasteiger partial charge in [0.1, 0.15) is 0 Å². The van der Waals surface area contributed by atoms with Crippen molar-refractivity contribution in [1.29, 1.82) is 0 Å². The van der Waals surface area contributed by atoms with Gasteiger partial charge in [0.2, 0.25) is 0 Å². The quantitative estimate of drug-likeness (QED) is 0.590. The summed E-state index contributed by atoms with van der Waals surface area (Å²) >= 11 is 0. The van der Waals surface area contributed by atoms with Gasteiger partial charge in [0.05, 0.1) is 5.92 Å². The lowest BCUT2D eigenvalue weighted by molar-refractivity contribution is -0.138. The van der Waals surface area contributed by atoms with Crippen LogP contribution in [0.3, 0.4) is 0 Å². The monoisotopic (exact) mass is 209 g/mol. The zero-order valence-electron chi connectivity index (χ0n) is 8.20. The van der Waals surface area contributed by atoms with Crippen molar-refractivity contribution in [2.24, 2.45) is 5.92 Å². The molecule has 80 valence electrons. The second kappa shape index (κ2) is 4.40. The zero-order valence-corrected chi connectivity index (χ0v) is 8.20. The number of hydrogen-bond acceptors (Lipinski definition) is 3. The summed E-state index contributed by atoms with van der Waals surface area (Å²) in [6, 6.07) is 5.92. The molecule has 1 atom stereocenters. The summed E-state index contributed by atoms with van der Waals surface area (Å²) in [5, 5.41) is 3.06. The van der Waals surface area contributed by atoms with Gasteiger partial charge < -0.3 is 10.1 Å². The molecule has 1 aliphatic rings. The number of esters is 1. The summed E-state index contributed by atoms with van der Waals surface area (Å²) < 4.78 is 18.1. The van der Waals surface area contributed by atoms with Crippen LogP contribution in [0.15, 0.2) is 24.3 Å². The van der Waals surface area contributed by atoms with Gasteiger partial charge in [0.25, 0.3) is 0 Å². The van der Waals surface area contributed by atoms with Crippen LogP contribution in [-0.2, 0) is 4.79 Å². The fourth-order valence-electron chi connectivity index (χ4n) is 1.58. The van der Waals surface area contributed by atoms with Gasteiger partial charge >= 0.3 is 5.97 Å². The third kappa shape index (κ3) is 2.33. The number of ether oxygens (including phenoxy) is 1. The van der Waals surface area contributed by atoms with E-state index in [1.54, 1.807) is 12.1 Å². The van der Waals surface area contributed by atoms with Crippen LogP contribution in [-0.4, -0.2) is 19.1 Å². The van der Waals surface area contributed by atoms with Gasteiger partial charge in [-0.3, -0.25) is 4.79 Å². The van der Waals surface area contributed by atoms with E-state index in [4.69, 9.17) is 4.74 Å². The topological polar surface area (TPSA) is 38.3 Å². The normalized spacial score (nSPS) is 20.2. The molecular weight excluding hydrogens is 197 g/mol. The molecule has 1 aromatic carbocycles. The highest BCUT2D eigenvalue weighted by atomic mass is 19.1. The van der Waals surface area contributed by atoms with Gasteiger partial charge in [-0.25, -0.2) is 4.39 Å². The summed E-state index contributed by atoms with van der Waals surface area (Å²) in [5.74, 6) is -0.999.